The molecule has 0 spiro atoms. The highest BCUT2D eigenvalue weighted by Crippen LogP contribution is 2.31. The normalized spacial score (nSPS) is 12.3. The van der Waals surface area contributed by atoms with Crippen LogP contribution in [-0.4, -0.2) is 6.85 Å². The van der Waals surface area contributed by atoms with Crippen LogP contribution in [0.3, 0.4) is 0 Å². The Labute approximate surface area is 125 Å². The van der Waals surface area contributed by atoms with E-state index in [0.717, 1.165) is 0 Å². The van der Waals surface area contributed by atoms with Gasteiger partial charge in [0.1, 0.15) is 0 Å². The van der Waals surface area contributed by atoms with Gasteiger partial charge in [-0.25, -0.2) is 0 Å². The van der Waals surface area contributed by atoms with Crippen LogP contribution in [0.15, 0.2) is 72.8 Å². The lowest BCUT2D eigenvalue weighted by Gasteiger charge is -2.28. The predicted molar refractivity (Wildman–Crippen MR) is 91.7 cm³/mol. The fourth-order valence-electron chi connectivity index (χ4n) is 3.15. The Hall–Kier alpha value is -2.48. The molecule has 0 saturated carbocycles. The molecular weight excluding hydrogens is 253 g/mol. The molecule has 0 atom stereocenters. The Morgan fingerprint density at radius 3 is 2.38 bits per heavy atom. The van der Waals surface area contributed by atoms with Crippen LogP contribution < -0.4 is 16.2 Å². The standard InChI is InChI=1S/C19H16BN/c1-14-11-12-17-16-9-5-6-10-18(16)20(21-19(17)13-14)15-7-3-2-4-8-15/h2-13,21H,1H3. The van der Waals surface area contributed by atoms with Crippen molar-refractivity contribution in [1.82, 2.24) is 0 Å². The molecule has 1 N–H and O–H groups in total. The second-order valence-electron chi connectivity index (χ2n) is 5.62. The van der Waals surface area contributed by atoms with Crippen LogP contribution >= 0.6 is 0 Å². The highest BCUT2D eigenvalue weighted by atomic mass is 14.8. The largest absolute Gasteiger partial charge is 0.420 e. The van der Waals surface area contributed by atoms with Gasteiger partial charge in [0.2, 0.25) is 0 Å². The Bertz CT molecular complexity index is 796. The van der Waals surface area contributed by atoms with Gasteiger partial charge in [-0.3, -0.25) is 0 Å². The van der Waals surface area contributed by atoms with E-state index in [2.05, 4.69) is 84.9 Å². The van der Waals surface area contributed by atoms with Gasteiger partial charge < -0.3 is 5.23 Å². The molecule has 1 heterocycles. The van der Waals surface area contributed by atoms with Crippen LogP contribution in [0.2, 0.25) is 0 Å². The lowest BCUT2D eigenvalue weighted by atomic mass is 9.48. The van der Waals surface area contributed by atoms with Gasteiger partial charge in [0.05, 0.1) is 0 Å². The number of fused-ring (bicyclic) bond motifs is 3. The average Bonchev–Trinajstić information content (AvgIpc) is 2.54. The zero-order valence-corrected chi connectivity index (χ0v) is 12.0. The van der Waals surface area contributed by atoms with Crippen molar-refractivity contribution < 1.29 is 0 Å². The van der Waals surface area contributed by atoms with Crippen molar-refractivity contribution in [3.63, 3.8) is 0 Å². The maximum atomic E-state index is 3.71. The average molecular weight is 269 g/mol. The highest BCUT2D eigenvalue weighted by molar-refractivity contribution is 6.89. The van der Waals surface area contributed by atoms with Gasteiger partial charge in [-0.15, -0.1) is 0 Å². The fraction of sp³-hybridized carbons (Fsp3) is 0.0526. The van der Waals surface area contributed by atoms with Crippen molar-refractivity contribution in [3.05, 3.63) is 78.4 Å². The summed E-state index contributed by atoms with van der Waals surface area (Å²) in [6, 6.07) is 26.0. The van der Waals surface area contributed by atoms with E-state index in [1.54, 1.807) is 0 Å². The quantitative estimate of drug-likeness (QED) is 0.669. The van der Waals surface area contributed by atoms with E-state index < -0.39 is 0 Å². The maximum Gasteiger partial charge on any atom is 0.321 e. The Kier molecular flexibility index (Phi) is 2.82. The summed E-state index contributed by atoms with van der Waals surface area (Å²) in [7, 11) is 0. The first kappa shape index (κ1) is 12.3. The second-order valence-corrected chi connectivity index (χ2v) is 5.62. The molecule has 0 saturated heterocycles. The summed E-state index contributed by atoms with van der Waals surface area (Å²) >= 11 is 0. The molecule has 4 rings (SSSR count). The minimum absolute atomic E-state index is 0.219. The van der Waals surface area contributed by atoms with Gasteiger partial charge >= 0.3 is 6.85 Å². The number of aryl methyl sites for hydroxylation is 1. The number of nitrogens with one attached hydrogen (secondary N) is 1. The van der Waals surface area contributed by atoms with Crippen molar-refractivity contribution in [3.8, 4) is 11.1 Å². The third kappa shape index (κ3) is 2.04. The molecule has 1 aliphatic rings. The topological polar surface area (TPSA) is 12.0 Å². The monoisotopic (exact) mass is 269 g/mol. The lowest BCUT2D eigenvalue weighted by Crippen LogP contribution is -2.51. The molecule has 0 aromatic heterocycles. The van der Waals surface area contributed by atoms with Gasteiger partial charge in [0.25, 0.3) is 0 Å². The van der Waals surface area contributed by atoms with E-state index in [1.807, 2.05) is 0 Å². The number of anilines is 1. The first-order valence-electron chi connectivity index (χ1n) is 7.34. The summed E-state index contributed by atoms with van der Waals surface area (Å²) in [6.07, 6.45) is 0. The molecule has 100 valence electrons. The van der Waals surface area contributed by atoms with E-state index in [9.17, 15) is 0 Å². The molecule has 0 aliphatic carbocycles. The van der Waals surface area contributed by atoms with Crippen molar-refractivity contribution in [2.45, 2.75) is 6.92 Å². The van der Waals surface area contributed by atoms with Crippen LogP contribution in [0.5, 0.6) is 0 Å². The van der Waals surface area contributed by atoms with E-state index in [4.69, 9.17) is 0 Å². The number of rotatable bonds is 1. The molecule has 3 aromatic rings. The van der Waals surface area contributed by atoms with Gasteiger partial charge in [-0.05, 0) is 29.6 Å². The van der Waals surface area contributed by atoms with Gasteiger partial charge in [-0.2, -0.15) is 0 Å². The van der Waals surface area contributed by atoms with Gasteiger partial charge in [-0.1, -0.05) is 72.2 Å². The number of benzene rings is 3. The van der Waals surface area contributed by atoms with E-state index in [1.165, 1.54) is 33.3 Å². The van der Waals surface area contributed by atoms with E-state index in [0.29, 0.717) is 0 Å². The summed E-state index contributed by atoms with van der Waals surface area (Å²) in [5, 5.41) is 3.71. The minimum atomic E-state index is 0.219. The first-order chi connectivity index (χ1) is 10.3. The number of hydrogen-bond acceptors (Lipinski definition) is 1. The Balaban J connectivity index is 1.93. The van der Waals surface area contributed by atoms with Crippen molar-refractivity contribution in [2.24, 2.45) is 0 Å². The fourth-order valence-corrected chi connectivity index (χ4v) is 3.15. The smallest absolute Gasteiger partial charge is 0.321 e. The molecule has 1 aliphatic heterocycles. The lowest BCUT2D eigenvalue weighted by molar-refractivity contribution is 1.46. The van der Waals surface area contributed by atoms with Gasteiger partial charge in [0.15, 0.2) is 0 Å². The van der Waals surface area contributed by atoms with Crippen molar-refractivity contribution in [2.75, 3.05) is 5.23 Å². The second kappa shape index (κ2) is 4.82. The van der Waals surface area contributed by atoms with Crippen LogP contribution in [0.1, 0.15) is 5.56 Å². The molecule has 21 heavy (non-hydrogen) atoms. The molecular formula is C19H16BN. The molecule has 1 nitrogen and oxygen atoms in total. The van der Waals surface area contributed by atoms with E-state index in [-0.39, 0.29) is 6.85 Å². The summed E-state index contributed by atoms with van der Waals surface area (Å²) < 4.78 is 0. The van der Waals surface area contributed by atoms with Crippen LogP contribution in [-0.2, 0) is 0 Å². The minimum Gasteiger partial charge on any atom is -0.420 e. The molecule has 0 unspecified atom stereocenters. The maximum absolute atomic E-state index is 3.71. The van der Waals surface area contributed by atoms with E-state index >= 15 is 0 Å². The highest BCUT2D eigenvalue weighted by Gasteiger charge is 2.28. The third-order valence-electron chi connectivity index (χ3n) is 4.17. The molecule has 2 heteroatoms. The molecule has 3 aromatic carbocycles. The SMILES string of the molecule is Cc1ccc2c(c1)NB(c1ccccc1)c1ccccc1-2. The van der Waals surface area contributed by atoms with Crippen LogP contribution in [0.4, 0.5) is 5.69 Å². The van der Waals surface area contributed by atoms with Crippen molar-refractivity contribution in [1.29, 1.82) is 0 Å². The molecule has 0 amide bonds. The predicted octanol–water partition coefficient (Wildman–Crippen LogP) is 3.19. The van der Waals surface area contributed by atoms with Gasteiger partial charge in [0, 0.05) is 11.3 Å². The Morgan fingerprint density at radius 2 is 1.52 bits per heavy atom. The summed E-state index contributed by atoms with van der Waals surface area (Å²) in [5.41, 5.74) is 7.79. The number of hydrogen-bond donors (Lipinski definition) is 1. The first-order valence-corrected chi connectivity index (χ1v) is 7.34. The molecule has 0 bridgehead atoms. The zero-order valence-electron chi connectivity index (χ0n) is 12.0. The summed E-state index contributed by atoms with van der Waals surface area (Å²) in [4.78, 5) is 0. The molecule has 0 radical (unpaired) electrons. The van der Waals surface area contributed by atoms with Crippen LogP contribution in [0.25, 0.3) is 11.1 Å². The zero-order chi connectivity index (χ0) is 14.2. The van der Waals surface area contributed by atoms with Crippen molar-refractivity contribution >= 4 is 23.5 Å². The van der Waals surface area contributed by atoms with Crippen LogP contribution in [0, 0.1) is 6.92 Å². The molecule has 0 fully saturated rings. The third-order valence-corrected chi connectivity index (χ3v) is 4.17. The Morgan fingerprint density at radius 1 is 0.762 bits per heavy atom. The summed E-state index contributed by atoms with van der Waals surface area (Å²) in [6.45, 7) is 2.36. The summed E-state index contributed by atoms with van der Waals surface area (Å²) in [5.74, 6) is 0.